The summed E-state index contributed by atoms with van der Waals surface area (Å²) in [5.41, 5.74) is 6.91. The van der Waals surface area contributed by atoms with Gasteiger partial charge in [0.25, 0.3) is 0 Å². The van der Waals surface area contributed by atoms with Crippen molar-refractivity contribution in [3.05, 3.63) is 48.0 Å². The Morgan fingerprint density at radius 2 is 1.89 bits per heavy atom. The summed E-state index contributed by atoms with van der Waals surface area (Å²) in [7, 11) is 0. The zero-order chi connectivity index (χ0) is 12.7. The summed E-state index contributed by atoms with van der Waals surface area (Å²) in [6.07, 6.45) is 0. The van der Waals surface area contributed by atoms with Crippen molar-refractivity contribution in [2.24, 2.45) is 0 Å². The van der Waals surface area contributed by atoms with Crippen molar-refractivity contribution in [2.45, 2.75) is 0 Å². The molecule has 0 atom stereocenters. The van der Waals surface area contributed by atoms with Gasteiger partial charge in [-0.1, -0.05) is 0 Å². The monoisotopic (exact) mass is 246 g/mol. The van der Waals surface area contributed by atoms with E-state index in [-0.39, 0.29) is 17.4 Å². The zero-order valence-electron chi connectivity index (χ0n) is 9.15. The molecule has 2 N–H and O–H groups in total. The molecule has 0 aliphatic rings. The van der Waals surface area contributed by atoms with Crippen molar-refractivity contribution in [3.63, 3.8) is 0 Å². The third-order valence-corrected chi connectivity index (χ3v) is 2.59. The van der Waals surface area contributed by atoms with Crippen molar-refractivity contribution in [1.82, 2.24) is 4.98 Å². The average Bonchev–Trinajstić information content (AvgIpc) is 2.75. The molecule has 0 saturated heterocycles. The molecule has 0 bridgehead atoms. The number of nitrogen functional groups attached to an aromatic ring is 1. The maximum absolute atomic E-state index is 13.0. The molecule has 2 aromatic carbocycles. The summed E-state index contributed by atoms with van der Waals surface area (Å²) in [5, 5.41) is 0. The molecule has 5 heteroatoms. The molecule has 3 nitrogen and oxygen atoms in total. The van der Waals surface area contributed by atoms with E-state index in [2.05, 4.69) is 4.98 Å². The highest BCUT2D eigenvalue weighted by Crippen LogP contribution is 2.26. The van der Waals surface area contributed by atoms with E-state index in [1.165, 1.54) is 36.4 Å². The van der Waals surface area contributed by atoms with Gasteiger partial charge in [0.05, 0.1) is 5.69 Å². The van der Waals surface area contributed by atoms with Gasteiger partial charge in [0.2, 0.25) is 5.89 Å². The Hall–Kier alpha value is -2.43. The van der Waals surface area contributed by atoms with Crippen LogP contribution >= 0.6 is 0 Å². The minimum Gasteiger partial charge on any atom is -0.436 e. The van der Waals surface area contributed by atoms with Gasteiger partial charge in [-0.2, -0.15) is 0 Å². The number of rotatable bonds is 1. The third kappa shape index (κ3) is 1.69. The Bertz CT molecular complexity index is 737. The molecular formula is C13H8F2N2O. The lowest BCUT2D eigenvalue weighted by molar-refractivity contribution is 0.612. The maximum Gasteiger partial charge on any atom is 0.227 e. The highest BCUT2D eigenvalue weighted by atomic mass is 19.1. The van der Waals surface area contributed by atoms with E-state index in [9.17, 15) is 8.78 Å². The second-order valence-corrected chi connectivity index (χ2v) is 3.87. The first-order valence-corrected chi connectivity index (χ1v) is 5.25. The highest BCUT2D eigenvalue weighted by Gasteiger charge is 2.10. The van der Waals surface area contributed by atoms with Gasteiger partial charge < -0.3 is 10.2 Å². The van der Waals surface area contributed by atoms with E-state index in [0.29, 0.717) is 16.7 Å². The summed E-state index contributed by atoms with van der Waals surface area (Å²) in [4.78, 5) is 4.13. The molecular weight excluding hydrogens is 238 g/mol. The first kappa shape index (κ1) is 10.7. The molecule has 1 aromatic heterocycles. The summed E-state index contributed by atoms with van der Waals surface area (Å²) in [6, 6.07) is 8.23. The number of halogens is 2. The van der Waals surface area contributed by atoms with Gasteiger partial charge in [-0.05, 0) is 30.3 Å². The average molecular weight is 246 g/mol. The first-order valence-electron chi connectivity index (χ1n) is 5.25. The van der Waals surface area contributed by atoms with Crippen LogP contribution in [0.4, 0.5) is 14.5 Å². The standard InChI is InChI=1S/C13H8F2N2O/c14-8-2-4-12-11(6-8)17-13(18-12)7-1-3-9(15)10(16)5-7/h1-6H,16H2. The number of oxazole rings is 1. The molecule has 0 radical (unpaired) electrons. The number of aromatic nitrogens is 1. The van der Waals surface area contributed by atoms with Crippen LogP contribution in [0.5, 0.6) is 0 Å². The predicted octanol–water partition coefficient (Wildman–Crippen LogP) is 3.36. The lowest BCUT2D eigenvalue weighted by Crippen LogP contribution is -1.90. The first-order chi connectivity index (χ1) is 8.63. The van der Waals surface area contributed by atoms with Crippen LogP contribution in [0.2, 0.25) is 0 Å². The molecule has 0 aliphatic heterocycles. The fourth-order valence-corrected chi connectivity index (χ4v) is 1.70. The Kier molecular flexibility index (Phi) is 2.26. The SMILES string of the molecule is Nc1cc(-c2nc3cc(F)ccc3o2)ccc1F. The van der Waals surface area contributed by atoms with Crippen LogP contribution in [0.15, 0.2) is 40.8 Å². The molecule has 18 heavy (non-hydrogen) atoms. The molecule has 0 amide bonds. The summed E-state index contributed by atoms with van der Waals surface area (Å²) in [6.45, 7) is 0. The number of benzene rings is 2. The van der Waals surface area contributed by atoms with Crippen molar-refractivity contribution in [1.29, 1.82) is 0 Å². The largest absolute Gasteiger partial charge is 0.436 e. The van der Waals surface area contributed by atoms with Crippen molar-refractivity contribution in [2.75, 3.05) is 5.73 Å². The van der Waals surface area contributed by atoms with Crippen LogP contribution in [-0.2, 0) is 0 Å². The highest BCUT2D eigenvalue weighted by molar-refractivity contribution is 5.76. The van der Waals surface area contributed by atoms with E-state index >= 15 is 0 Å². The van der Waals surface area contributed by atoms with E-state index in [1.54, 1.807) is 0 Å². The predicted molar refractivity (Wildman–Crippen MR) is 63.8 cm³/mol. The molecule has 0 aliphatic carbocycles. The van der Waals surface area contributed by atoms with Crippen LogP contribution < -0.4 is 5.73 Å². The van der Waals surface area contributed by atoms with E-state index in [4.69, 9.17) is 10.2 Å². The molecule has 0 saturated carbocycles. The van der Waals surface area contributed by atoms with Crippen molar-refractivity contribution >= 4 is 16.8 Å². The summed E-state index contributed by atoms with van der Waals surface area (Å²) < 4.78 is 31.5. The lowest BCUT2D eigenvalue weighted by Gasteiger charge is -1.98. The minimum atomic E-state index is -0.499. The number of nitrogens with zero attached hydrogens (tertiary/aromatic N) is 1. The van der Waals surface area contributed by atoms with Gasteiger partial charge in [0.15, 0.2) is 5.58 Å². The van der Waals surface area contributed by atoms with Crippen LogP contribution in [0.25, 0.3) is 22.6 Å². The second kappa shape index (κ2) is 3.80. The molecule has 90 valence electrons. The van der Waals surface area contributed by atoms with Crippen molar-refractivity contribution in [3.8, 4) is 11.5 Å². The topological polar surface area (TPSA) is 52.0 Å². The Morgan fingerprint density at radius 1 is 1.06 bits per heavy atom. The van der Waals surface area contributed by atoms with Gasteiger partial charge in [-0.15, -0.1) is 0 Å². The lowest BCUT2D eigenvalue weighted by atomic mass is 10.2. The molecule has 0 unspecified atom stereocenters. The summed E-state index contributed by atoms with van der Waals surface area (Å²) >= 11 is 0. The van der Waals surface area contributed by atoms with Crippen LogP contribution in [0.3, 0.4) is 0 Å². The van der Waals surface area contributed by atoms with Crippen LogP contribution in [0.1, 0.15) is 0 Å². The fourth-order valence-electron chi connectivity index (χ4n) is 1.70. The van der Waals surface area contributed by atoms with Crippen LogP contribution in [0, 0.1) is 11.6 Å². The Balaban J connectivity index is 2.16. The van der Waals surface area contributed by atoms with Gasteiger partial charge in [0.1, 0.15) is 17.2 Å². The van der Waals surface area contributed by atoms with Gasteiger partial charge >= 0.3 is 0 Å². The number of hydrogen-bond acceptors (Lipinski definition) is 3. The van der Waals surface area contributed by atoms with Gasteiger partial charge in [0, 0.05) is 11.6 Å². The van der Waals surface area contributed by atoms with Gasteiger partial charge in [-0.3, -0.25) is 0 Å². The normalized spacial score (nSPS) is 11.0. The number of hydrogen-bond donors (Lipinski definition) is 1. The Morgan fingerprint density at radius 3 is 2.67 bits per heavy atom. The second-order valence-electron chi connectivity index (χ2n) is 3.87. The number of fused-ring (bicyclic) bond motifs is 1. The molecule has 0 spiro atoms. The number of nitrogens with two attached hydrogens (primary N) is 1. The quantitative estimate of drug-likeness (QED) is 0.670. The maximum atomic E-state index is 13.0. The van der Waals surface area contributed by atoms with E-state index in [1.807, 2.05) is 0 Å². The minimum absolute atomic E-state index is 0.0148. The molecule has 3 aromatic rings. The van der Waals surface area contributed by atoms with E-state index in [0.717, 1.165) is 0 Å². The summed E-state index contributed by atoms with van der Waals surface area (Å²) in [5.74, 6) is -0.607. The van der Waals surface area contributed by atoms with E-state index < -0.39 is 5.82 Å². The Labute approximate surface area is 101 Å². The van der Waals surface area contributed by atoms with Crippen molar-refractivity contribution < 1.29 is 13.2 Å². The third-order valence-electron chi connectivity index (χ3n) is 2.59. The fraction of sp³-hybridized carbons (Fsp3) is 0. The smallest absolute Gasteiger partial charge is 0.227 e. The van der Waals surface area contributed by atoms with Gasteiger partial charge in [-0.25, -0.2) is 13.8 Å². The molecule has 0 fully saturated rings. The number of anilines is 1. The molecule has 1 heterocycles. The van der Waals surface area contributed by atoms with Crippen LogP contribution in [-0.4, -0.2) is 4.98 Å². The molecule has 3 rings (SSSR count). The zero-order valence-corrected chi connectivity index (χ0v) is 9.15.